The number of piperidine rings is 1. The number of H-pyrrole nitrogens is 1. The van der Waals surface area contributed by atoms with E-state index in [2.05, 4.69) is 20.3 Å². The third kappa shape index (κ3) is 4.58. The fourth-order valence-corrected chi connectivity index (χ4v) is 3.50. The Morgan fingerprint density at radius 2 is 2.21 bits per heavy atom. The lowest BCUT2D eigenvalue weighted by Gasteiger charge is -2.38. The number of amides is 2. The molecule has 0 spiro atoms. The molecule has 0 saturated carbocycles. The summed E-state index contributed by atoms with van der Waals surface area (Å²) < 4.78 is 5.24. The van der Waals surface area contributed by atoms with Gasteiger partial charge < -0.3 is 14.3 Å². The molecule has 1 aliphatic rings. The van der Waals surface area contributed by atoms with Gasteiger partial charge in [0.05, 0.1) is 0 Å². The molecule has 1 N–H and O–H groups in total. The van der Waals surface area contributed by atoms with Crippen molar-refractivity contribution < 1.29 is 14.1 Å². The molecular weight excluding hydrogens is 360 g/mol. The van der Waals surface area contributed by atoms with E-state index >= 15 is 0 Å². The van der Waals surface area contributed by atoms with Crippen molar-refractivity contribution in [2.24, 2.45) is 0 Å². The van der Waals surface area contributed by atoms with Crippen LogP contribution in [0.2, 0.25) is 0 Å². The molecule has 2 aromatic rings. The van der Waals surface area contributed by atoms with Crippen LogP contribution in [0.1, 0.15) is 67.4 Å². The Bertz CT molecular complexity index is 827. The topological polar surface area (TPSA) is 108 Å². The molecule has 9 heteroatoms. The normalized spacial score (nSPS) is 17.2. The number of aromatic amines is 1. The SMILES string of the molecule is CC(=O)N(CCc1noc(C(C)C)n1)C1CCCN(C(=O)c2cc(C)[nH]n2)C1. The van der Waals surface area contributed by atoms with Crippen LogP contribution < -0.4 is 0 Å². The van der Waals surface area contributed by atoms with Gasteiger partial charge in [-0.15, -0.1) is 0 Å². The Balaban J connectivity index is 1.64. The maximum Gasteiger partial charge on any atom is 0.274 e. The third-order valence-electron chi connectivity index (χ3n) is 5.01. The van der Waals surface area contributed by atoms with Gasteiger partial charge >= 0.3 is 0 Å². The summed E-state index contributed by atoms with van der Waals surface area (Å²) in [5.74, 6) is 1.27. The monoisotopic (exact) mass is 388 g/mol. The summed E-state index contributed by atoms with van der Waals surface area (Å²) in [6.45, 7) is 9.10. The molecule has 0 aromatic carbocycles. The zero-order valence-corrected chi connectivity index (χ0v) is 16.9. The largest absolute Gasteiger partial charge is 0.339 e. The predicted octanol–water partition coefficient (Wildman–Crippen LogP) is 1.92. The van der Waals surface area contributed by atoms with Crippen LogP contribution in [0, 0.1) is 6.92 Å². The minimum atomic E-state index is -0.0997. The van der Waals surface area contributed by atoms with Gasteiger partial charge in [-0.3, -0.25) is 14.7 Å². The number of carbonyl (C=O) groups is 2. The van der Waals surface area contributed by atoms with Crippen molar-refractivity contribution in [1.29, 1.82) is 0 Å². The molecule has 1 unspecified atom stereocenters. The average Bonchev–Trinajstić information content (AvgIpc) is 3.30. The van der Waals surface area contributed by atoms with Crippen molar-refractivity contribution in [3.05, 3.63) is 29.2 Å². The summed E-state index contributed by atoms with van der Waals surface area (Å²) in [7, 11) is 0. The van der Waals surface area contributed by atoms with Gasteiger partial charge in [-0.05, 0) is 25.8 Å². The molecular formula is C19H28N6O3. The second-order valence-corrected chi connectivity index (χ2v) is 7.65. The number of hydrogen-bond acceptors (Lipinski definition) is 6. The van der Waals surface area contributed by atoms with E-state index in [1.807, 2.05) is 25.7 Å². The van der Waals surface area contributed by atoms with Gasteiger partial charge in [0.25, 0.3) is 5.91 Å². The zero-order valence-electron chi connectivity index (χ0n) is 16.9. The Morgan fingerprint density at radius 1 is 1.43 bits per heavy atom. The van der Waals surface area contributed by atoms with Gasteiger partial charge in [-0.1, -0.05) is 19.0 Å². The molecule has 2 aromatic heterocycles. The number of aryl methyl sites for hydroxylation is 1. The molecule has 28 heavy (non-hydrogen) atoms. The first-order valence-electron chi connectivity index (χ1n) is 9.76. The van der Waals surface area contributed by atoms with Crippen LogP contribution in [-0.2, 0) is 11.2 Å². The van der Waals surface area contributed by atoms with Crippen LogP contribution in [0.25, 0.3) is 0 Å². The van der Waals surface area contributed by atoms with Crippen molar-refractivity contribution in [3.8, 4) is 0 Å². The van der Waals surface area contributed by atoms with E-state index in [-0.39, 0.29) is 23.8 Å². The minimum absolute atomic E-state index is 0.0116. The molecule has 3 heterocycles. The van der Waals surface area contributed by atoms with Gasteiger partial charge in [0, 0.05) is 50.6 Å². The van der Waals surface area contributed by atoms with Gasteiger partial charge in [0.15, 0.2) is 5.82 Å². The first kappa shape index (κ1) is 20.0. The molecule has 0 bridgehead atoms. The number of likely N-dealkylation sites (tertiary alicyclic amines) is 1. The fraction of sp³-hybridized carbons (Fsp3) is 0.632. The molecule has 1 saturated heterocycles. The number of hydrogen-bond donors (Lipinski definition) is 1. The van der Waals surface area contributed by atoms with Crippen molar-refractivity contribution in [1.82, 2.24) is 30.1 Å². The minimum Gasteiger partial charge on any atom is -0.339 e. The molecule has 2 amide bonds. The van der Waals surface area contributed by atoms with Crippen LogP contribution in [0.3, 0.4) is 0 Å². The quantitative estimate of drug-likeness (QED) is 0.810. The predicted molar refractivity (Wildman–Crippen MR) is 102 cm³/mol. The standard InChI is InChI=1S/C19H28N6O3/c1-12(2)18-20-17(23-28-18)7-9-25(14(4)26)15-6-5-8-24(11-15)19(27)16-10-13(3)21-22-16/h10,12,15H,5-9,11H2,1-4H3,(H,21,22). The fourth-order valence-electron chi connectivity index (χ4n) is 3.50. The molecule has 0 aliphatic carbocycles. The van der Waals surface area contributed by atoms with Crippen molar-refractivity contribution >= 4 is 11.8 Å². The van der Waals surface area contributed by atoms with Gasteiger partial charge in [0.1, 0.15) is 5.69 Å². The highest BCUT2D eigenvalue weighted by Gasteiger charge is 2.30. The Hall–Kier alpha value is -2.71. The van der Waals surface area contributed by atoms with Crippen LogP contribution in [0.4, 0.5) is 0 Å². The number of aromatic nitrogens is 4. The highest BCUT2D eigenvalue weighted by molar-refractivity contribution is 5.92. The Kier molecular flexibility index (Phi) is 6.11. The highest BCUT2D eigenvalue weighted by atomic mass is 16.5. The first-order valence-corrected chi connectivity index (χ1v) is 9.76. The average molecular weight is 388 g/mol. The number of carbonyl (C=O) groups excluding carboxylic acids is 2. The van der Waals surface area contributed by atoms with E-state index in [9.17, 15) is 9.59 Å². The summed E-state index contributed by atoms with van der Waals surface area (Å²) in [5, 5.41) is 10.9. The van der Waals surface area contributed by atoms with E-state index in [0.717, 1.165) is 18.5 Å². The Labute approximate surface area is 164 Å². The molecule has 3 rings (SSSR count). The van der Waals surface area contributed by atoms with Crippen LogP contribution >= 0.6 is 0 Å². The van der Waals surface area contributed by atoms with Crippen LogP contribution in [0.5, 0.6) is 0 Å². The molecule has 9 nitrogen and oxygen atoms in total. The summed E-state index contributed by atoms with van der Waals surface area (Å²) in [6.07, 6.45) is 2.24. The van der Waals surface area contributed by atoms with Gasteiger partial charge in [0.2, 0.25) is 11.8 Å². The number of rotatable bonds is 6. The second kappa shape index (κ2) is 8.53. The van der Waals surface area contributed by atoms with Gasteiger partial charge in [-0.2, -0.15) is 10.1 Å². The van der Waals surface area contributed by atoms with E-state index in [4.69, 9.17) is 4.52 Å². The van der Waals surface area contributed by atoms with Gasteiger partial charge in [-0.25, -0.2) is 0 Å². The maximum atomic E-state index is 12.7. The molecule has 0 radical (unpaired) electrons. The zero-order chi connectivity index (χ0) is 20.3. The summed E-state index contributed by atoms with van der Waals surface area (Å²) >= 11 is 0. The first-order chi connectivity index (χ1) is 13.3. The lowest BCUT2D eigenvalue weighted by atomic mass is 10.0. The Morgan fingerprint density at radius 3 is 2.82 bits per heavy atom. The second-order valence-electron chi connectivity index (χ2n) is 7.65. The maximum absolute atomic E-state index is 12.7. The van der Waals surface area contributed by atoms with Crippen molar-refractivity contribution in [2.45, 2.75) is 58.9 Å². The van der Waals surface area contributed by atoms with E-state index in [0.29, 0.717) is 43.5 Å². The third-order valence-corrected chi connectivity index (χ3v) is 5.01. The molecule has 1 atom stereocenters. The lowest BCUT2D eigenvalue weighted by molar-refractivity contribution is -0.132. The van der Waals surface area contributed by atoms with Crippen molar-refractivity contribution in [2.75, 3.05) is 19.6 Å². The van der Waals surface area contributed by atoms with Crippen LogP contribution in [0.15, 0.2) is 10.6 Å². The van der Waals surface area contributed by atoms with Crippen LogP contribution in [-0.4, -0.2) is 67.6 Å². The van der Waals surface area contributed by atoms with E-state index < -0.39 is 0 Å². The molecule has 152 valence electrons. The number of nitrogens with zero attached hydrogens (tertiary/aromatic N) is 5. The molecule has 1 fully saturated rings. The highest BCUT2D eigenvalue weighted by Crippen LogP contribution is 2.19. The molecule has 1 aliphatic heterocycles. The summed E-state index contributed by atoms with van der Waals surface area (Å²) in [5.41, 5.74) is 1.27. The van der Waals surface area contributed by atoms with E-state index in [1.54, 1.807) is 17.9 Å². The smallest absolute Gasteiger partial charge is 0.274 e. The summed E-state index contributed by atoms with van der Waals surface area (Å²) in [6, 6.07) is 1.73. The van der Waals surface area contributed by atoms with Crippen molar-refractivity contribution in [3.63, 3.8) is 0 Å². The lowest BCUT2D eigenvalue weighted by Crippen LogP contribution is -2.51. The summed E-state index contributed by atoms with van der Waals surface area (Å²) in [4.78, 5) is 33.0. The van der Waals surface area contributed by atoms with E-state index in [1.165, 1.54) is 0 Å². The number of nitrogens with one attached hydrogen (secondary N) is 1.